The van der Waals surface area contributed by atoms with Crippen LogP contribution in [-0.2, 0) is 24.4 Å². The highest BCUT2D eigenvalue weighted by atomic mass is 16.5. The molecule has 1 N–H and O–H groups in total. The van der Waals surface area contributed by atoms with Crippen LogP contribution in [0.15, 0.2) is 103 Å². The van der Waals surface area contributed by atoms with E-state index in [1.807, 2.05) is 91.1 Å². The van der Waals surface area contributed by atoms with Gasteiger partial charge in [-0.25, -0.2) is 4.68 Å². The molecule has 0 fully saturated rings. The van der Waals surface area contributed by atoms with Crippen LogP contribution in [0.3, 0.4) is 0 Å². The summed E-state index contributed by atoms with van der Waals surface area (Å²) < 4.78 is 7.61. The Morgan fingerprint density at radius 2 is 1.59 bits per heavy atom. The minimum atomic E-state index is -0.00881. The van der Waals surface area contributed by atoms with Crippen molar-refractivity contribution < 1.29 is 9.53 Å². The summed E-state index contributed by atoms with van der Waals surface area (Å²) in [6, 6.07) is 31.8. The predicted octanol–water partition coefficient (Wildman–Crippen LogP) is 4.86. The lowest BCUT2D eigenvalue weighted by molar-refractivity contribution is -0.120. The molecule has 0 radical (unpaired) electrons. The topological polar surface area (TPSA) is 69.0 Å². The van der Waals surface area contributed by atoms with Crippen molar-refractivity contribution in [3.8, 4) is 11.4 Å². The van der Waals surface area contributed by atoms with Crippen molar-refractivity contribution in [3.63, 3.8) is 0 Å². The molecule has 6 nitrogen and oxygen atoms in total. The number of hydrogen-bond donors (Lipinski definition) is 1. The van der Waals surface area contributed by atoms with Gasteiger partial charge in [-0.05, 0) is 46.2 Å². The number of nitrogens with zero attached hydrogens (tertiary/aromatic N) is 3. The average Bonchev–Trinajstić information content (AvgIpc) is 3.36. The van der Waals surface area contributed by atoms with E-state index in [-0.39, 0.29) is 5.91 Å². The van der Waals surface area contributed by atoms with Crippen molar-refractivity contribution in [1.29, 1.82) is 0 Å². The van der Waals surface area contributed by atoms with Crippen LogP contribution in [0.4, 0.5) is 0 Å². The first-order valence-corrected chi connectivity index (χ1v) is 11.2. The number of carbonyl (C=O) groups excluding carboxylic acids is 1. The van der Waals surface area contributed by atoms with Crippen LogP contribution in [0, 0.1) is 0 Å². The predicted molar refractivity (Wildman–Crippen MR) is 132 cm³/mol. The minimum absolute atomic E-state index is 0.00881. The molecule has 0 saturated carbocycles. The number of amides is 1. The van der Waals surface area contributed by atoms with E-state index in [1.54, 1.807) is 4.68 Å². The summed E-state index contributed by atoms with van der Waals surface area (Å²) in [7, 11) is 0. The molecule has 0 bridgehead atoms. The van der Waals surface area contributed by atoms with Crippen LogP contribution in [0.1, 0.15) is 16.8 Å². The van der Waals surface area contributed by atoms with Gasteiger partial charge in [-0.2, -0.15) is 0 Å². The zero-order chi connectivity index (χ0) is 23.2. The molecule has 0 unspecified atom stereocenters. The lowest BCUT2D eigenvalue weighted by Crippen LogP contribution is -2.24. The van der Waals surface area contributed by atoms with E-state index in [1.165, 1.54) is 5.39 Å². The Labute approximate surface area is 197 Å². The number of benzene rings is 4. The van der Waals surface area contributed by atoms with E-state index in [0.29, 0.717) is 19.6 Å². The van der Waals surface area contributed by atoms with Gasteiger partial charge < -0.3 is 10.1 Å². The van der Waals surface area contributed by atoms with E-state index in [4.69, 9.17) is 4.74 Å². The van der Waals surface area contributed by atoms with Crippen LogP contribution in [0.5, 0.6) is 5.75 Å². The highest BCUT2D eigenvalue weighted by molar-refractivity contribution is 5.83. The third-order valence-electron chi connectivity index (χ3n) is 5.55. The second kappa shape index (κ2) is 10.0. The molecule has 0 aliphatic rings. The number of rotatable bonds is 8. The van der Waals surface area contributed by atoms with Crippen molar-refractivity contribution >= 4 is 16.7 Å². The molecule has 1 heterocycles. The molecular weight excluding hydrogens is 424 g/mol. The Morgan fingerprint density at radius 1 is 0.824 bits per heavy atom. The molecule has 0 aliphatic carbocycles. The van der Waals surface area contributed by atoms with E-state index in [9.17, 15) is 4.79 Å². The molecule has 0 aliphatic heterocycles. The molecule has 168 valence electrons. The van der Waals surface area contributed by atoms with Crippen molar-refractivity contribution in [2.24, 2.45) is 0 Å². The number of fused-ring (bicyclic) bond motifs is 1. The Balaban J connectivity index is 1.15. The molecule has 34 heavy (non-hydrogen) atoms. The second-order valence-electron chi connectivity index (χ2n) is 8.06. The minimum Gasteiger partial charge on any atom is -0.487 e. The smallest absolute Gasteiger partial charge is 0.224 e. The van der Waals surface area contributed by atoms with E-state index in [0.717, 1.165) is 33.6 Å². The average molecular weight is 449 g/mol. The van der Waals surface area contributed by atoms with Crippen LogP contribution in [0.25, 0.3) is 16.5 Å². The first kappa shape index (κ1) is 21.4. The largest absolute Gasteiger partial charge is 0.487 e. The fraction of sp³-hybridized carbons (Fsp3) is 0.107. The Morgan fingerprint density at radius 3 is 2.41 bits per heavy atom. The quantitative estimate of drug-likeness (QED) is 0.368. The third-order valence-corrected chi connectivity index (χ3v) is 5.55. The second-order valence-corrected chi connectivity index (χ2v) is 8.06. The molecule has 5 aromatic rings. The fourth-order valence-electron chi connectivity index (χ4n) is 3.72. The fourth-order valence-corrected chi connectivity index (χ4v) is 3.72. The number of ether oxygens (including phenoxy) is 1. The molecule has 4 aromatic carbocycles. The van der Waals surface area contributed by atoms with Gasteiger partial charge in [0.2, 0.25) is 5.91 Å². The molecule has 0 atom stereocenters. The lowest BCUT2D eigenvalue weighted by atomic mass is 10.1. The molecule has 0 spiro atoms. The Hall–Kier alpha value is -4.45. The number of nitrogens with one attached hydrogen (secondary N) is 1. The molecule has 1 aromatic heterocycles. The summed E-state index contributed by atoms with van der Waals surface area (Å²) in [5.41, 5.74) is 3.63. The van der Waals surface area contributed by atoms with E-state index >= 15 is 0 Å². The highest BCUT2D eigenvalue weighted by Gasteiger charge is 2.07. The van der Waals surface area contributed by atoms with Gasteiger partial charge in [0.1, 0.15) is 18.1 Å². The standard InChI is InChI=1S/C28H24N4O2/c33-28(29-18-22-6-2-1-3-7-22)16-21-10-13-26(14-11-21)32-19-25(30-31-32)20-34-27-15-12-23-8-4-5-9-24(23)17-27/h1-15,17,19H,16,18,20H2,(H,29,33). The monoisotopic (exact) mass is 448 g/mol. The van der Waals surface area contributed by atoms with Crippen LogP contribution < -0.4 is 10.1 Å². The summed E-state index contributed by atoms with van der Waals surface area (Å²) in [4.78, 5) is 12.3. The Bertz CT molecular complexity index is 1400. The molecule has 6 heteroatoms. The van der Waals surface area contributed by atoms with Crippen molar-refractivity contribution in [2.45, 2.75) is 19.6 Å². The maximum Gasteiger partial charge on any atom is 0.224 e. The zero-order valence-corrected chi connectivity index (χ0v) is 18.6. The summed E-state index contributed by atoms with van der Waals surface area (Å²) in [5.74, 6) is 0.786. The first-order valence-electron chi connectivity index (χ1n) is 11.2. The molecule has 5 rings (SSSR count). The number of hydrogen-bond acceptors (Lipinski definition) is 4. The van der Waals surface area contributed by atoms with Gasteiger partial charge in [0.25, 0.3) is 0 Å². The summed E-state index contributed by atoms with van der Waals surface area (Å²) >= 11 is 0. The van der Waals surface area contributed by atoms with Crippen molar-refractivity contribution in [2.75, 3.05) is 0 Å². The maximum absolute atomic E-state index is 12.3. The first-order chi connectivity index (χ1) is 16.7. The summed E-state index contributed by atoms with van der Waals surface area (Å²) in [6.45, 7) is 0.860. The van der Waals surface area contributed by atoms with Crippen molar-refractivity contribution in [1.82, 2.24) is 20.3 Å². The van der Waals surface area contributed by atoms with Crippen LogP contribution >= 0.6 is 0 Å². The van der Waals surface area contributed by atoms with Gasteiger partial charge in [0, 0.05) is 6.54 Å². The van der Waals surface area contributed by atoms with Gasteiger partial charge in [0.15, 0.2) is 0 Å². The van der Waals surface area contributed by atoms with Crippen molar-refractivity contribution in [3.05, 3.63) is 120 Å². The maximum atomic E-state index is 12.3. The number of carbonyl (C=O) groups is 1. The van der Waals surface area contributed by atoms with E-state index < -0.39 is 0 Å². The summed E-state index contributed by atoms with van der Waals surface area (Å²) in [5, 5.41) is 13.7. The van der Waals surface area contributed by atoms with Crippen LogP contribution in [-0.4, -0.2) is 20.9 Å². The lowest BCUT2D eigenvalue weighted by Gasteiger charge is -2.06. The van der Waals surface area contributed by atoms with E-state index in [2.05, 4.69) is 27.8 Å². The molecule has 0 saturated heterocycles. The van der Waals surface area contributed by atoms with Gasteiger partial charge in [-0.3, -0.25) is 4.79 Å². The van der Waals surface area contributed by atoms with Gasteiger partial charge >= 0.3 is 0 Å². The Kier molecular flexibility index (Phi) is 6.29. The zero-order valence-electron chi connectivity index (χ0n) is 18.6. The summed E-state index contributed by atoms with van der Waals surface area (Å²) in [6.07, 6.45) is 2.18. The normalized spacial score (nSPS) is 10.8. The van der Waals surface area contributed by atoms with Gasteiger partial charge in [-0.15, -0.1) is 5.10 Å². The van der Waals surface area contributed by atoms with Gasteiger partial charge in [-0.1, -0.05) is 78.0 Å². The third kappa shape index (κ3) is 5.30. The SMILES string of the molecule is O=C(Cc1ccc(-n2cc(COc3ccc4ccccc4c3)nn2)cc1)NCc1ccccc1. The molecule has 1 amide bonds. The van der Waals surface area contributed by atoms with Gasteiger partial charge in [0.05, 0.1) is 18.3 Å². The van der Waals surface area contributed by atoms with Crippen LogP contribution in [0.2, 0.25) is 0 Å². The highest BCUT2D eigenvalue weighted by Crippen LogP contribution is 2.21. The number of aromatic nitrogens is 3. The molecular formula is C28H24N4O2.